The second kappa shape index (κ2) is 7.09. The first kappa shape index (κ1) is 15.3. The minimum Gasteiger partial charge on any atom is -0.493 e. The van der Waals surface area contributed by atoms with Crippen LogP contribution in [0, 0.1) is 5.92 Å². The monoisotopic (exact) mass is 341 g/mol. The van der Waals surface area contributed by atoms with Crippen molar-refractivity contribution >= 4 is 21.8 Å². The van der Waals surface area contributed by atoms with Crippen LogP contribution in [0.25, 0.3) is 0 Å². The predicted octanol–water partition coefficient (Wildman–Crippen LogP) is 2.45. The first-order chi connectivity index (χ1) is 9.56. The Morgan fingerprint density at radius 1 is 1.45 bits per heavy atom. The van der Waals surface area contributed by atoms with Crippen molar-refractivity contribution in [3.8, 4) is 5.75 Å². The maximum atomic E-state index is 12.0. The maximum Gasteiger partial charge on any atom is 0.226 e. The number of aliphatic hydroxyl groups is 1. The fraction of sp³-hybridized carbons (Fsp3) is 0.533. The van der Waals surface area contributed by atoms with Crippen molar-refractivity contribution < 1.29 is 14.6 Å². The van der Waals surface area contributed by atoms with Gasteiger partial charge in [-0.15, -0.1) is 0 Å². The van der Waals surface area contributed by atoms with Crippen LogP contribution in [0.4, 0.5) is 0 Å². The normalized spacial score (nSPS) is 22.6. The van der Waals surface area contributed by atoms with Crippen LogP contribution in [0.2, 0.25) is 0 Å². The lowest BCUT2D eigenvalue weighted by molar-refractivity contribution is -0.135. The van der Waals surface area contributed by atoms with Gasteiger partial charge in [0.15, 0.2) is 0 Å². The highest BCUT2D eigenvalue weighted by Gasteiger charge is 2.26. The van der Waals surface area contributed by atoms with Gasteiger partial charge >= 0.3 is 0 Å². The Morgan fingerprint density at radius 2 is 2.15 bits per heavy atom. The molecule has 0 bridgehead atoms. The van der Waals surface area contributed by atoms with Gasteiger partial charge < -0.3 is 14.7 Å². The summed E-state index contributed by atoms with van der Waals surface area (Å²) in [6.45, 7) is 3.55. The molecule has 2 rings (SSSR count). The fourth-order valence-electron chi connectivity index (χ4n) is 2.22. The van der Waals surface area contributed by atoms with Crippen LogP contribution in [-0.2, 0) is 4.79 Å². The van der Waals surface area contributed by atoms with Gasteiger partial charge in [0.2, 0.25) is 5.91 Å². The standard InChI is InChI=1S/C15H20BrNO3/c1-11-6-8-17(10-14(11)18)15(19)7-9-20-13-4-2-12(16)3-5-13/h2-5,11,14,18H,6-10H2,1H3. The van der Waals surface area contributed by atoms with Gasteiger partial charge in [0.25, 0.3) is 0 Å². The van der Waals surface area contributed by atoms with E-state index in [9.17, 15) is 9.90 Å². The Morgan fingerprint density at radius 3 is 2.80 bits per heavy atom. The summed E-state index contributed by atoms with van der Waals surface area (Å²) in [4.78, 5) is 13.8. The Balaban J connectivity index is 1.74. The lowest BCUT2D eigenvalue weighted by atomic mass is 9.96. The largest absolute Gasteiger partial charge is 0.493 e. The number of hydrogen-bond acceptors (Lipinski definition) is 3. The van der Waals surface area contributed by atoms with Gasteiger partial charge in [-0.05, 0) is 36.6 Å². The zero-order valence-electron chi connectivity index (χ0n) is 11.6. The van der Waals surface area contributed by atoms with Gasteiger partial charge in [0, 0.05) is 17.6 Å². The number of nitrogens with zero attached hydrogens (tertiary/aromatic N) is 1. The molecular weight excluding hydrogens is 322 g/mol. The summed E-state index contributed by atoms with van der Waals surface area (Å²) < 4.78 is 6.54. The number of benzene rings is 1. The number of hydrogen-bond donors (Lipinski definition) is 1. The molecule has 1 amide bonds. The molecule has 1 heterocycles. The number of piperidine rings is 1. The van der Waals surface area contributed by atoms with Crippen molar-refractivity contribution in [1.29, 1.82) is 0 Å². The third-order valence-corrected chi connectivity index (χ3v) is 4.20. The second-order valence-corrected chi connectivity index (χ2v) is 6.14. The van der Waals surface area contributed by atoms with Crippen molar-refractivity contribution in [2.45, 2.75) is 25.9 Å². The lowest BCUT2D eigenvalue weighted by Gasteiger charge is -2.34. The number of likely N-dealkylation sites (tertiary alicyclic amines) is 1. The predicted molar refractivity (Wildman–Crippen MR) is 80.6 cm³/mol. The van der Waals surface area contributed by atoms with Gasteiger partial charge in [-0.2, -0.15) is 0 Å². The Kier molecular flexibility index (Phi) is 5.43. The molecule has 0 saturated carbocycles. The third-order valence-electron chi connectivity index (χ3n) is 3.67. The van der Waals surface area contributed by atoms with Gasteiger partial charge in [0.05, 0.1) is 19.1 Å². The fourth-order valence-corrected chi connectivity index (χ4v) is 2.48. The number of rotatable bonds is 4. The van der Waals surface area contributed by atoms with Crippen molar-refractivity contribution in [2.75, 3.05) is 19.7 Å². The van der Waals surface area contributed by atoms with Crippen LogP contribution in [0.15, 0.2) is 28.7 Å². The van der Waals surface area contributed by atoms with Crippen LogP contribution in [0.1, 0.15) is 19.8 Å². The average Bonchev–Trinajstić information content (AvgIpc) is 2.44. The molecule has 4 nitrogen and oxygen atoms in total. The highest BCUT2D eigenvalue weighted by molar-refractivity contribution is 9.10. The SMILES string of the molecule is CC1CCN(C(=O)CCOc2ccc(Br)cc2)CC1O. The molecule has 110 valence electrons. The highest BCUT2D eigenvalue weighted by Crippen LogP contribution is 2.18. The zero-order valence-corrected chi connectivity index (χ0v) is 13.2. The molecule has 1 aliphatic rings. The molecule has 0 aromatic heterocycles. The molecule has 0 spiro atoms. The van der Waals surface area contributed by atoms with E-state index in [1.807, 2.05) is 31.2 Å². The second-order valence-electron chi connectivity index (χ2n) is 5.23. The van der Waals surface area contributed by atoms with E-state index in [0.29, 0.717) is 19.6 Å². The van der Waals surface area contributed by atoms with E-state index in [1.165, 1.54) is 0 Å². The summed E-state index contributed by atoms with van der Waals surface area (Å²) in [5, 5.41) is 9.80. The van der Waals surface area contributed by atoms with Crippen LogP contribution in [0.3, 0.4) is 0 Å². The van der Waals surface area contributed by atoms with Crippen molar-refractivity contribution in [3.05, 3.63) is 28.7 Å². The molecule has 1 aromatic rings. The Hall–Kier alpha value is -1.07. The molecule has 2 atom stereocenters. The van der Waals surface area contributed by atoms with Crippen molar-refractivity contribution in [2.24, 2.45) is 5.92 Å². The van der Waals surface area contributed by atoms with E-state index in [0.717, 1.165) is 23.2 Å². The molecule has 1 fully saturated rings. The Bertz CT molecular complexity index is 449. The number of carbonyl (C=O) groups is 1. The summed E-state index contributed by atoms with van der Waals surface area (Å²) in [5.74, 6) is 1.08. The molecule has 1 saturated heterocycles. The maximum absolute atomic E-state index is 12.0. The quantitative estimate of drug-likeness (QED) is 0.914. The van der Waals surface area contributed by atoms with E-state index >= 15 is 0 Å². The highest BCUT2D eigenvalue weighted by atomic mass is 79.9. The molecule has 20 heavy (non-hydrogen) atoms. The minimum absolute atomic E-state index is 0.0491. The first-order valence-electron chi connectivity index (χ1n) is 6.90. The van der Waals surface area contributed by atoms with Gasteiger partial charge in [-0.25, -0.2) is 0 Å². The van der Waals surface area contributed by atoms with E-state index in [4.69, 9.17) is 4.74 Å². The topological polar surface area (TPSA) is 49.8 Å². The van der Waals surface area contributed by atoms with Gasteiger partial charge in [0.1, 0.15) is 5.75 Å². The molecule has 2 unspecified atom stereocenters. The number of halogens is 1. The summed E-state index contributed by atoms with van der Waals surface area (Å²) >= 11 is 3.36. The summed E-state index contributed by atoms with van der Waals surface area (Å²) in [7, 11) is 0. The Labute approximate surface area is 127 Å². The zero-order chi connectivity index (χ0) is 14.5. The average molecular weight is 342 g/mol. The molecule has 0 radical (unpaired) electrons. The number of β-amino-alcohol motifs (C(OH)–C–C–N with tert-alkyl or cyclic N) is 1. The third kappa shape index (κ3) is 4.21. The molecule has 1 aromatic carbocycles. The van der Waals surface area contributed by atoms with E-state index in [2.05, 4.69) is 15.9 Å². The van der Waals surface area contributed by atoms with Crippen LogP contribution in [-0.4, -0.2) is 41.7 Å². The van der Waals surface area contributed by atoms with Crippen molar-refractivity contribution in [1.82, 2.24) is 4.90 Å². The smallest absolute Gasteiger partial charge is 0.226 e. The number of carbonyl (C=O) groups excluding carboxylic acids is 1. The number of aliphatic hydroxyl groups excluding tert-OH is 1. The number of amides is 1. The summed E-state index contributed by atoms with van der Waals surface area (Å²) in [5.41, 5.74) is 0. The van der Waals surface area contributed by atoms with Crippen LogP contribution in [0.5, 0.6) is 5.75 Å². The molecular formula is C15H20BrNO3. The minimum atomic E-state index is -0.403. The molecule has 5 heteroatoms. The molecule has 1 aliphatic heterocycles. The number of ether oxygens (including phenoxy) is 1. The summed E-state index contributed by atoms with van der Waals surface area (Å²) in [6, 6.07) is 7.53. The van der Waals surface area contributed by atoms with Gasteiger partial charge in [-0.3, -0.25) is 4.79 Å². The van der Waals surface area contributed by atoms with E-state index in [-0.39, 0.29) is 11.8 Å². The summed E-state index contributed by atoms with van der Waals surface area (Å²) in [6.07, 6.45) is 0.803. The first-order valence-corrected chi connectivity index (χ1v) is 7.70. The molecule has 1 N–H and O–H groups in total. The lowest BCUT2D eigenvalue weighted by Crippen LogP contribution is -2.46. The van der Waals surface area contributed by atoms with Crippen molar-refractivity contribution in [3.63, 3.8) is 0 Å². The van der Waals surface area contributed by atoms with Crippen LogP contribution >= 0.6 is 15.9 Å². The van der Waals surface area contributed by atoms with Gasteiger partial charge in [-0.1, -0.05) is 22.9 Å². The van der Waals surface area contributed by atoms with Crippen LogP contribution < -0.4 is 4.74 Å². The molecule has 0 aliphatic carbocycles. The van der Waals surface area contributed by atoms with E-state index < -0.39 is 6.10 Å². The van der Waals surface area contributed by atoms with E-state index in [1.54, 1.807) is 4.90 Å².